The Balaban J connectivity index is 1.42. The highest BCUT2D eigenvalue weighted by Crippen LogP contribution is 2.45. The van der Waals surface area contributed by atoms with Crippen LogP contribution in [-0.2, 0) is 38.1 Å². The second-order valence-electron chi connectivity index (χ2n) is 13.7. The lowest BCUT2D eigenvalue weighted by Crippen LogP contribution is -2.62. The largest absolute Gasteiger partial charge is 0.509 e. The minimum absolute atomic E-state index is 0.105. The van der Waals surface area contributed by atoms with Crippen LogP contribution >= 0.6 is 0 Å². The molecule has 22 heteroatoms. The molecule has 5 rings (SSSR count). The first-order valence-electron chi connectivity index (χ1n) is 17.8. The summed E-state index contributed by atoms with van der Waals surface area (Å²) in [6, 6.07) is 3.15. The molecule has 1 fully saturated rings. The van der Waals surface area contributed by atoms with Crippen LogP contribution in [0.15, 0.2) is 54.1 Å². The number of carboxylic acids is 2. The predicted octanol–water partition coefficient (Wildman–Crippen LogP) is 5.94. The number of carbonyl (C=O) groups is 4. The van der Waals surface area contributed by atoms with Crippen molar-refractivity contribution < 1.29 is 74.4 Å². The molecule has 1 aliphatic carbocycles. The number of aromatic nitrogens is 2. The van der Waals surface area contributed by atoms with Crippen molar-refractivity contribution in [2.75, 3.05) is 25.5 Å². The predicted molar refractivity (Wildman–Crippen MR) is 188 cm³/mol. The van der Waals surface area contributed by atoms with Crippen LogP contribution in [0.2, 0.25) is 0 Å². The van der Waals surface area contributed by atoms with Crippen molar-refractivity contribution in [3.8, 4) is 17.0 Å². The van der Waals surface area contributed by atoms with E-state index < -0.39 is 123 Å². The summed E-state index contributed by atoms with van der Waals surface area (Å²) in [6.45, 7) is 0.322. The van der Waals surface area contributed by atoms with Crippen LogP contribution in [0.4, 0.5) is 40.8 Å². The number of rotatable bonds is 14. The van der Waals surface area contributed by atoms with Crippen LogP contribution in [0.25, 0.3) is 11.3 Å². The smallest absolute Gasteiger partial charge is 0.433 e. The quantitative estimate of drug-likeness (QED) is 0.0556. The van der Waals surface area contributed by atoms with Crippen LogP contribution in [0, 0.1) is 17.6 Å². The second-order valence-corrected chi connectivity index (χ2v) is 13.7. The number of carboxylic acid groups (broad SMARTS) is 2. The number of benzene rings is 2. The number of alkyl halides is 6. The Hall–Kier alpha value is -5.90. The number of amides is 2. The van der Waals surface area contributed by atoms with Gasteiger partial charge in [-0.05, 0) is 49.6 Å². The Kier molecular flexibility index (Phi) is 12.8. The maximum absolute atomic E-state index is 15.6. The third-order valence-electron chi connectivity index (χ3n) is 10.2. The first kappa shape index (κ1) is 44.2. The van der Waals surface area contributed by atoms with Gasteiger partial charge in [-0.3, -0.25) is 24.2 Å². The van der Waals surface area contributed by atoms with Gasteiger partial charge >= 0.3 is 24.3 Å². The summed E-state index contributed by atoms with van der Waals surface area (Å²) in [5, 5.41) is 37.1. The zero-order chi connectivity index (χ0) is 43.6. The van der Waals surface area contributed by atoms with E-state index in [0.717, 1.165) is 23.2 Å². The summed E-state index contributed by atoms with van der Waals surface area (Å²) in [7, 11) is 1.37. The zero-order valence-corrected chi connectivity index (χ0v) is 31.0. The van der Waals surface area contributed by atoms with Gasteiger partial charge in [0.2, 0.25) is 5.82 Å². The number of aliphatic hydroxyl groups is 1. The number of ether oxygens (including phenoxy) is 1. The molecule has 0 radical (unpaired) electrons. The van der Waals surface area contributed by atoms with E-state index in [2.05, 4.69) is 20.6 Å². The minimum atomic E-state index is -5.02. The van der Waals surface area contributed by atoms with E-state index in [1.54, 1.807) is 6.92 Å². The van der Waals surface area contributed by atoms with Gasteiger partial charge in [-0.2, -0.15) is 30.7 Å². The van der Waals surface area contributed by atoms with Gasteiger partial charge in [0, 0.05) is 30.8 Å². The molecular formula is C37H36F8N6O8. The van der Waals surface area contributed by atoms with Gasteiger partial charge in [0.1, 0.15) is 30.0 Å². The SMILES string of the molecule is CC[C@H](NCCOc1ccc(CN2C(=O)C(C(=O)Nc3ccc(C(F)(F)F)cc3-c3cc(C(F)(F)F)ncn3)=C(O)C3(CCCC3)N2C)c(F)c1F)C(C(=O)O)C(=O)O. The monoisotopic (exact) mass is 844 g/mol. The van der Waals surface area contributed by atoms with Crippen molar-refractivity contribution in [3.63, 3.8) is 0 Å². The van der Waals surface area contributed by atoms with Gasteiger partial charge in [0.15, 0.2) is 17.5 Å². The lowest BCUT2D eigenvalue weighted by molar-refractivity contribution is -0.163. The van der Waals surface area contributed by atoms with Gasteiger partial charge in [-0.15, -0.1) is 0 Å². The number of nitrogens with one attached hydrogen (secondary N) is 2. The molecule has 2 aliphatic rings. The van der Waals surface area contributed by atoms with Crippen LogP contribution in [0.1, 0.15) is 55.8 Å². The molecule has 2 aromatic carbocycles. The molecule has 59 heavy (non-hydrogen) atoms. The first-order chi connectivity index (χ1) is 27.6. The van der Waals surface area contributed by atoms with Crippen molar-refractivity contribution in [1.29, 1.82) is 0 Å². The normalized spacial score (nSPS) is 16.5. The Labute approximate surface area is 329 Å². The molecular weight excluding hydrogens is 808 g/mol. The van der Waals surface area contributed by atoms with Crippen LogP contribution in [-0.4, -0.2) is 90.8 Å². The number of nitrogens with zero attached hydrogens (tertiary/aromatic N) is 4. The summed E-state index contributed by atoms with van der Waals surface area (Å²) in [5.74, 6) is -11.8. The summed E-state index contributed by atoms with van der Waals surface area (Å²) in [6.07, 6.45) is -8.14. The topological polar surface area (TPSA) is 195 Å². The van der Waals surface area contributed by atoms with E-state index in [1.165, 1.54) is 12.1 Å². The van der Waals surface area contributed by atoms with Gasteiger partial charge in [-0.1, -0.05) is 25.8 Å². The van der Waals surface area contributed by atoms with E-state index in [9.17, 15) is 60.8 Å². The zero-order valence-electron chi connectivity index (χ0n) is 31.0. The van der Waals surface area contributed by atoms with Crippen molar-refractivity contribution in [2.45, 2.75) is 69.5 Å². The maximum atomic E-state index is 15.6. The standard InChI is InChI=1S/C37H36F8N6O8/c1-3-21(26(33(55)56)34(57)58)46-12-13-59-24-9-6-18(28(38)29(24)39)16-51-32(54)27(30(52)35(50(51)2)10-4-5-11-35)31(53)49-22-8-7-19(36(40,41)42)14-20(22)23-15-25(37(43,44)45)48-17-47-23/h6-9,14-15,17,21,26,46,52H,3-5,10-13,16H2,1-2H3,(H,49,53)(H,55,56)(H,57,58)/t21-/m0/s1. The summed E-state index contributed by atoms with van der Waals surface area (Å²) in [4.78, 5) is 57.5. The van der Waals surface area contributed by atoms with Gasteiger partial charge in [-0.25, -0.2) is 19.4 Å². The number of carbonyl (C=O) groups excluding carboxylic acids is 2. The molecule has 14 nitrogen and oxygen atoms in total. The van der Waals surface area contributed by atoms with Crippen molar-refractivity contribution in [3.05, 3.63) is 82.5 Å². The molecule has 0 bridgehead atoms. The Bertz CT molecular complexity index is 2150. The average molecular weight is 845 g/mol. The number of aliphatic hydroxyl groups excluding tert-OH is 1. The number of halogens is 8. The summed E-state index contributed by atoms with van der Waals surface area (Å²) >= 11 is 0. The lowest BCUT2D eigenvalue weighted by atomic mass is 9.88. The summed E-state index contributed by atoms with van der Waals surface area (Å²) < 4.78 is 118. The van der Waals surface area contributed by atoms with Crippen LogP contribution in [0.3, 0.4) is 0 Å². The third-order valence-corrected chi connectivity index (χ3v) is 10.2. The molecule has 2 heterocycles. The molecule has 1 atom stereocenters. The van der Waals surface area contributed by atoms with Crippen LogP contribution < -0.4 is 15.4 Å². The highest BCUT2D eigenvalue weighted by molar-refractivity contribution is 6.24. The number of hydrazine groups is 1. The molecule has 5 N–H and O–H groups in total. The highest BCUT2D eigenvalue weighted by atomic mass is 19.4. The number of aliphatic carboxylic acids is 2. The van der Waals surface area contributed by atoms with Gasteiger partial charge in [0.05, 0.1) is 29.0 Å². The molecule has 0 unspecified atom stereocenters. The average Bonchev–Trinajstić information content (AvgIpc) is 3.67. The molecule has 1 aromatic heterocycles. The molecule has 318 valence electrons. The van der Waals surface area contributed by atoms with E-state index in [1.807, 2.05) is 0 Å². The van der Waals surface area contributed by atoms with E-state index in [-0.39, 0.29) is 32.4 Å². The molecule has 1 aliphatic heterocycles. The molecule has 1 spiro atoms. The fourth-order valence-electron chi connectivity index (χ4n) is 7.09. The number of hydrogen-bond acceptors (Lipinski definition) is 10. The highest BCUT2D eigenvalue weighted by Gasteiger charge is 2.53. The third kappa shape index (κ3) is 9.07. The van der Waals surface area contributed by atoms with Gasteiger partial charge < -0.3 is 30.7 Å². The number of hydrogen-bond donors (Lipinski definition) is 5. The second kappa shape index (κ2) is 17.1. The van der Waals surface area contributed by atoms with Crippen LogP contribution in [0.5, 0.6) is 5.75 Å². The number of likely N-dealkylation sites (N-methyl/N-ethyl adjacent to an activating group) is 1. The fraction of sp³-hybridized carbons (Fsp3) is 0.405. The Morgan fingerprint density at radius 1 is 0.949 bits per heavy atom. The Morgan fingerprint density at radius 2 is 1.61 bits per heavy atom. The first-order valence-corrected chi connectivity index (χ1v) is 17.8. The molecule has 1 saturated carbocycles. The van der Waals surface area contributed by atoms with Crippen molar-refractivity contribution in [1.82, 2.24) is 25.3 Å². The number of anilines is 1. The maximum Gasteiger partial charge on any atom is 0.433 e. The van der Waals surface area contributed by atoms with E-state index in [4.69, 9.17) is 4.74 Å². The fourth-order valence-corrected chi connectivity index (χ4v) is 7.09. The summed E-state index contributed by atoms with van der Waals surface area (Å²) in [5.41, 5.74) is -7.43. The van der Waals surface area contributed by atoms with Crippen molar-refractivity contribution >= 4 is 29.4 Å². The molecule has 0 saturated heterocycles. The molecule has 2 amide bonds. The van der Waals surface area contributed by atoms with E-state index >= 15 is 8.78 Å². The lowest BCUT2D eigenvalue weighted by Gasteiger charge is -2.48. The van der Waals surface area contributed by atoms with Crippen molar-refractivity contribution in [2.24, 2.45) is 5.92 Å². The van der Waals surface area contributed by atoms with E-state index in [0.29, 0.717) is 37.4 Å². The Morgan fingerprint density at radius 3 is 2.20 bits per heavy atom. The molecule has 3 aromatic rings. The minimum Gasteiger partial charge on any atom is -0.509 e. The van der Waals surface area contributed by atoms with Gasteiger partial charge in [0.25, 0.3) is 11.8 Å².